The summed E-state index contributed by atoms with van der Waals surface area (Å²) >= 11 is 0. The molecule has 0 bridgehead atoms. The molecule has 1 heterocycles. The van der Waals surface area contributed by atoms with Crippen LogP contribution in [0.4, 0.5) is 0 Å². The zero-order chi connectivity index (χ0) is 41.7. The van der Waals surface area contributed by atoms with Crippen LogP contribution in [-0.2, 0) is 36.5 Å². The van der Waals surface area contributed by atoms with Crippen LogP contribution in [-0.4, -0.2) is 4.98 Å². The van der Waals surface area contributed by atoms with Gasteiger partial charge in [0.05, 0.1) is 5.52 Å². The van der Waals surface area contributed by atoms with Crippen LogP contribution in [0, 0.1) is 0 Å². The second-order valence-corrected chi connectivity index (χ2v) is 19.1. The van der Waals surface area contributed by atoms with Gasteiger partial charge in [-0.15, -0.1) is 0 Å². The minimum Gasteiger partial charge on any atom is -0.256 e. The van der Waals surface area contributed by atoms with Crippen LogP contribution in [0.5, 0.6) is 0 Å². The van der Waals surface area contributed by atoms with Crippen molar-refractivity contribution in [3.8, 4) is 44.5 Å². The van der Waals surface area contributed by atoms with Gasteiger partial charge in [-0.3, -0.25) is 4.98 Å². The molecule has 298 valence electrons. The smallest absolute Gasteiger partial charge is 0.0792 e. The minimum atomic E-state index is -0.120. The largest absolute Gasteiger partial charge is 0.256 e. The predicted octanol–water partition coefficient (Wildman–Crippen LogP) is 15.2. The fourth-order valence-electron chi connectivity index (χ4n) is 13.3. The van der Waals surface area contributed by atoms with Gasteiger partial charge in [0, 0.05) is 28.0 Å². The molecule has 2 spiro atoms. The van der Waals surface area contributed by atoms with Gasteiger partial charge in [-0.25, -0.2) is 0 Å². The van der Waals surface area contributed by atoms with Gasteiger partial charge in [0.1, 0.15) is 0 Å². The van der Waals surface area contributed by atoms with Crippen LogP contribution in [0.2, 0.25) is 0 Å². The number of hydrogen-bond donors (Lipinski definition) is 0. The molecule has 0 atom stereocenters. The molecule has 0 N–H and O–H groups in total. The summed E-state index contributed by atoms with van der Waals surface area (Å²) in [6.07, 6.45) is 6.01. The summed E-state index contributed by atoms with van der Waals surface area (Å²) < 4.78 is 0. The Kier molecular flexibility index (Phi) is 6.83. The first-order valence-electron chi connectivity index (χ1n) is 22.9. The Morgan fingerprint density at radius 2 is 0.703 bits per heavy atom. The van der Waals surface area contributed by atoms with E-state index in [2.05, 4.69) is 194 Å². The summed E-state index contributed by atoms with van der Waals surface area (Å²) in [6, 6.07) is 74.2. The van der Waals surface area contributed by atoms with E-state index in [-0.39, 0.29) is 10.8 Å². The van der Waals surface area contributed by atoms with Crippen LogP contribution in [0.1, 0.15) is 44.5 Å². The van der Waals surface area contributed by atoms with Gasteiger partial charge in [-0.2, -0.15) is 0 Å². The van der Waals surface area contributed by atoms with Gasteiger partial charge in [0.25, 0.3) is 0 Å². The molecule has 0 fully saturated rings. The molecular weight excluding hydrogens is 771 g/mol. The Labute approximate surface area is 372 Å². The molecule has 11 aromatic rings. The van der Waals surface area contributed by atoms with Crippen molar-refractivity contribution in [3.05, 3.63) is 245 Å². The van der Waals surface area contributed by atoms with Crippen molar-refractivity contribution >= 4 is 43.2 Å². The van der Waals surface area contributed by atoms with Gasteiger partial charge < -0.3 is 0 Å². The third-order valence-corrected chi connectivity index (χ3v) is 16.0. The van der Waals surface area contributed by atoms with E-state index in [1.165, 1.54) is 127 Å². The topological polar surface area (TPSA) is 12.9 Å². The lowest BCUT2D eigenvalue weighted by Gasteiger charge is -2.28. The fraction of sp³-hybridized carbons (Fsp3) is 0.0952. The van der Waals surface area contributed by atoms with Crippen molar-refractivity contribution in [1.82, 2.24) is 4.98 Å². The average molecular weight is 812 g/mol. The van der Waals surface area contributed by atoms with Crippen LogP contribution in [0.15, 0.2) is 200 Å². The molecule has 0 saturated heterocycles. The van der Waals surface area contributed by atoms with Gasteiger partial charge in [-0.05, 0) is 160 Å². The third kappa shape index (κ3) is 4.56. The quantitative estimate of drug-likeness (QED) is 0.159. The SMILES string of the molecule is c1ccc2c(c1)-c1ccc(-c3c4ccccc4c(-c4ccc5c(c4)C4(Cc6cc7ccccc7cc6C4)c4ccccc4-5)c4ncccc34)cc1C21Cc2cc3ccccc3cc2C1. The minimum absolute atomic E-state index is 0.115. The Morgan fingerprint density at radius 3 is 1.20 bits per heavy atom. The van der Waals surface area contributed by atoms with E-state index < -0.39 is 0 Å². The normalized spacial score (nSPS) is 15.5. The Morgan fingerprint density at radius 1 is 0.312 bits per heavy atom. The zero-order valence-corrected chi connectivity index (χ0v) is 35.3. The van der Waals surface area contributed by atoms with Crippen LogP contribution < -0.4 is 0 Å². The molecule has 4 aliphatic carbocycles. The zero-order valence-electron chi connectivity index (χ0n) is 35.3. The maximum absolute atomic E-state index is 5.31. The molecule has 0 unspecified atom stereocenters. The van der Waals surface area contributed by atoms with E-state index >= 15 is 0 Å². The monoisotopic (exact) mass is 811 g/mol. The van der Waals surface area contributed by atoms with E-state index in [1.807, 2.05) is 6.20 Å². The highest BCUT2D eigenvalue weighted by molar-refractivity contribution is 6.20. The lowest BCUT2D eigenvalue weighted by molar-refractivity contribution is 0.564. The Bertz CT molecular complexity index is 3470. The number of hydrogen-bond acceptors (Lipinski definition) is 1. The van der Waals surface area contributed by atoms with Crippen LogP contribution >= 0.6 is 0 Å². The van der Waals surface area contributed by atoms with Gasteiger partial charge in [-0.1, -0.05) is 176 Å². The number of pyridine rings is 1. The van der Waals surface area contributed by atoms with E-state index in [0.717, 1.165) is 31.2 Å². The lowest BCUT2D eigenvalue weighted by Crippen LogP contribution is -2.25. The molecule has 4 aliphatic rings. The van der Waals surface area contributed by atoms with Gasteiger partial charge >= 0.3 is 0 Å². The maximum atomic E-state index is 5.31. The predicted molar refractivity (Wildman–Crippen MR) is 265 cm³/mol. The standard InChI is InChI=1S/C63H41N/c1-2-13-39-29-45-35-62(34-44(45)28-38(39)12-1)55-21-9-7-16-48(55)50-25-23-42(32-57(50)62)59-52-18-5-6-19-53(52)60(61-54(59)20-11-27-64-61)43-24-26-51-49-17-8-10-22-56(49)63(58(51)33-43)36-46-30-40-14-3-4-15-41(40)31-47(46)37-63/h1-33H,34-37H2. The molecule has 1 aromatic heterocycles. The molecule has 15 rings (SSSR count). The molecule has 0 radical (unpaired) electrons. The number of aromatic nitrogens is 1. The Hall–Kier alpha value is -7.61. The molecular formula is C63H41N. The molecule has 0 aliphatic heterocycles. The van der Waals surface area contributed by atoms with Crippen molar-refractivity contribution < 1.29 is 0 Å². The molecule has 10 aromatic carbocycles. The average Bonchev–Trinajstić information content (AvgIpc) is 4.06. The number of fused-ring (bicyclic) bond motifs is 16. The third-order valence-electron chi connectivity index (χ3n) is 16.0. The molecule has 0 amide bonds. The fourth-order valence-corrected chi connectivity index (χ4v) is 13.3. The maximum Gasteiger partial charge on any atom is 0.0792 e. The second-order valence-electron chi connectivity index (χ2n) is 19.1. The van der Waals surface area contributed by atoms with Crippen molar-refractivity contribution in [2.24, 2.45) is 0 Å². The van der Waals surface area contributed by atoms with Crippen molar-refractivity contribution in [3.63, 3.8) is 0 Å². The van der Waals surface area contributed by atoms with E-state index in [1.54, 1.807) is 0 Å². The van der Waals surface area contributed by atoms with Crippen molar-refractivity contribution in [2.75, 3.05) is 0 Å². The first kappa shape index (κ1) is 34.9. The summed E-state index contributed by atoms with van der Waals surface area (Å²) in [5.41, 5.74) is 23.0. The highest BCUT2D eigenvalue weighted by Crippen LogP contribution is 2.59. The first-order chi connectivity index (χ1) is 31.6. The van der Waals surface area contributed by atoms with Gasteiger partial charge in [0.15, 0.2) is 0 Å². The number of benzene rings is 10. The number of rotatable bonds is 2. The van der Waals surface area contributed by atoms with E-state index in [0.29, 0.717) is 0 Å². The van der Waals surface area contributed by atoms with Crippen molar-refractivity contribution in [2.45, 2.75) is 36.5 Å². The highest BCUT2D eigenvalue weighted by Gasteiger charge is 2.49. The second kappa shape index (κ2) is 12.5. The van der Waals surface area contributed by atoms with Crippen LogP contribution in [0.25, 0.3) is 87.7 Å². The van der Waals surface area contributed by atoms with E-state index in [9.17, 15) is 0 Å². The first-order valence-corrected chi connectivity index (χ1v) is 22.9. The Balaban J connectivity index is 0.921. The highest BCUT2D eigenvalue weighted by atomic mass is 14.7. The lowest BCUT2D eigenvalue weighted by atomic mass is 9.74. The molecule has 64 heavy (non-hydrogen) atoms. The summed E-state index contributed by atoms with van der Waals surface area (Å²) in [7, 11) is 0. The molecule has 1 nitrogen and oxygen atoms in total. The summed E-state index contributed by atoms with van der Waals surface area (Å²) in [4.78, 5) is 5.31. The summed E-state index contributed by atoms with van der Waals surface area (Å²) in [6.45, 7) is 0. The molecule has 1 heteroatoms. The molecule has 0 saturated carbocycles. The van der Waals surface area contributed by atoms with Crippen molar-refractivity contribution in [1.29, 1.82) is 0 Å². The number of nitrogens with zero attached hydrogens (tertiary/aromatic N) is 1. The van der Waals surface area contributed by atoms with Gasteiger partial charge in [0.2, 0.25) is 0 Å². The summed E-state index contributed by atoms with van der Waals surface area (Å²) in [5.74, 6) is 0. The van der Waals surface area contributed by atoms with Crippen LogP contribution in [0.3, 0.4) is 0 Å². The summed E-state index contributed by atoms with van der Waals surface area (Å²) in [5, 5.41) is 9.01. The van der Waals surface area contributed by atoms with E-state index in [4.69, 9.17) is 4.98 Å².